The molecule has 0 amide bonds. The summed E-state index contributed by atoms with van der Waals surface area (Å²) in [6.07, 6.45) is 7.83. The van der Waals surface area contributed by atoms with Gasteiger partial charge in [-0.1, -0.05) is 38.8 Å². The average Bonchev–Trinajstić information content (AvgIpc) is 2.78. The second-order valence-corrected chi connectivity index (χ2v) is 9.10. The van der Waals surface area contributed by atoms with Crippen LogP contribution in [-0.2, 0) is 4.74 Å². The summed E-state index contributed by atoms with van der Waals surface area (Å²) in [5.41, 5.74) is 4.31. The Labute approximate surface area is 130 Å². The smallest absolute Gasteiger partial charge is 0.116 e. The Kier molecular flexibility index (Phi) is 3.77. The highest BCUT2D eigenvalue weighted by Gasteiger charge is 2.45. The zero-order valence-corrected chi connectivity index (χ0v) is 14.6. The Morgan fingerprint density at radius 3 is 2.62 bits per heavy atom. The van der Waals surface area contributed by atoms with Gasteiger partial charge in [-0.05, 0) is 62.2 Å². The van der Waals surface area contributed by atoms with Gasteiger partial charge < -0.3 is 4.74 Å². The number of ether oxygens (including phenoxy) is 1. The molecule has 1 fully saturated rings. The largest absolute Gasteiger partial charge is 0.360 e. The molecule has 21 heavy (non-hydrogen) atoms. The van der Waals surface area contributed by atoms with Crippen LogP contribution < -0.4 is 5.32 Å². The number of nitrogens with one attached hydrogen (secondary N) is 1. The van der Waals surface area contributed by atoms with Gasteiger partial charge in [0, 0.05) is 6.54 Å². The first-order valence-electron chi connectivity index (χ1n) is 8.82. The Balaban J connectivity index is 1.82. The fraction of sp³-hybridized carbons (Fsp3) is 0.895. The predicted molar refractivity (Wildman–Crippen MR) is 88.1 cm³/mol. The quantitative estimate of drug-likeness (QED) is 0.747. The molecule has 0 saturated carbocycles. The topological polar surface area (TPSA) is 21.3 Å². The molecule has 0 aromatic carbocycles. The summed E-state index contributed by atoms with van der Waals surface area (Å²) >= 11 is 0. The van der Waals surface area contributed by atoms with Gasteiger partial charge in [-0.3, -0.25) is 5.32 Å². The Morgan fingerprint density at radius 1 is 1.19 bits per heavy atom. The minimum absolute atomic E-state index is 0.0931. The molecule has 1 aliphatic heterocycles. The first-order chi connectivity index (χ1) is 9.72. The molecule has 0 bridgehead atoms. The van der Waals surface area contributed by atoms with Crippen LogP contribution in [0.2, 0.25) is 0 Å². The molecule has 2 heteroatoms. The van der Waals surface area contributed by atoms with Gasteiger partial charge in [0.15, 0.2) is 0 Å². The summed E-state index contributed by atoms with van der Waals surface area (Å²) in [5, 5.41) is 3.57. The van der Waals surface area contributed by atoms with Crippen molar-refractivity contribution < 1.29 is 4.74 Å². The van der Waals surface area contributed by atoms with Crippen LogP contribution in [-0.4, -0.2) is 18.9 Å². The maximum absolute atomic E-state index is 5.99. The van der Waals surface area contributed by atoms with Crippen LogP contribution >= 0.6 is 0 Å². The molecule has 120 valence electrons. The number of allylic oxidation sites excluding steroid dienone is 2. The van der Waals surface area contributed by atoms with E-state index in [-0.39, 0.29) is 5.72 Å². The minimum atomic E-state index is -0.0931. The van der Waals surface area contributed by atoms with Crippen molar-refractivity contribution in [2.24, 2.45) is 16.7 Å². The molecule has 2 atom stereocenters. The zero-order valence-electron chi connectivity index (χ0n) is 14.6. The standard InChI is InChI=1S/C19H33NO/c1-17(2)8-6-7-14-11-15(18(3,4)13-16(14)17)12-19(5)20-9-10-21-19/h15,20H,6-13H2,1-5H3/t15-,19-/m1/s1. The first kappa shape index (κ1) is 15.6. The van der Waals surface area contributed by atoms with Crippen molar-refractivity contribution in [2.75, 3.05) is 13.2 Å². The van der Waals surface area contributed by atoms with Crippen molar-refractivity contribution in [3.05, 3.63) is 11.1 Å². The lowest BCUT2D eigenvalue weighted by atomic mass is 9.57. The number of hydrogen-bond donors (Lipinski definition) is 1. The zero-order chi connectivity index (χ0) is 15.3. The molecule has 0 aromatic rings. The normalized spacial score (nSPS) is 38.4. The molecule has 0 unspecified atom stereocenters. The summed E-state index contributed by atoms with van der Waals surface area (Å²) < 4.78 is 5.99. The highest BCUT2D eigenvalue weighted by Crippen LogP contribution is 2.55. The van der Waals surface area contributed by atoms with Gasteiger partial charge in [-0.25, -0.2) is 0 Å². The van der Waals surface area contributed by atoms with Gasteiger partial charge in [-0.15, -0.1) is 0 Å². The van der Waals surface area contributed by atoms with Crippen LogP contribution in [0.3, 0.4) is 0 Å². The average molecular weight is 291 g/mol. The van der Waals surface area contributed by atoms with E-state index in [0.29, 0.717) is 10.8 Å². The van der Waals surface area contributed by atoms with E-state index in [2.05, 4.69) is 39.9 Å². The molecule has 1 heterocycles. The number of rotatable bonds is 2. The van der Waals surface area contributed by atoms with Crippen LogP contribution in [0.4, 0.5) is 0 Å². The van der Waals surface area contributed by atoms with Crippen LogP contribution in [0.25, 0.3) is 0 Å². The van der Waals surface area contributed by atoms with Crippen molar-refractivity contribution in [3.63, 3.8) is 0 Å². The van der Waals surface area contributed by atoms with Crippen LogP contribution in [0.15, 0.2) is 11.1 Å². The lowest BCUT2D eigenvalue weighted by Gasteiger charge is -2.49. The summed E-state index contributed by atoms with van der Waals surface area (Å²) in [6, 6.07) is 0. The van der Waals surface area contributed by atoms with Gasteiger partial charge >= 0.3 is 0 Å². The van der Waals surface area contributed by atoms with Crippen molar-refractivity contribution in [2.45, 2.75) is 78.9 Å². The number of hydrogen-bond acceptors (Lipinski definition) is 2. The van der Waals surface area contributed by atoms with Crippen LogP contribution in [0.1, 0.15) is 73.1 Å². The lowest BCUT2D eigenvalue weighted by molar-refractivity contribution is -0.0325. The fourth-order valence-corrected chi connectivity index (χ4v) is 4.88. The van der Waals surface area contributed by atoms with Gasteiger partial charge in [0.25, 0.3) is 0 Å². The highest BCUT2D eigenvalue weighted by atomic mass is 16.5. The second kappa shape index (κ2) is 5.09. The third kappa shape index (κ3) is 2.94. The van der Waals surface area contributed by atoms with Crippen molar-refractivity contribution in [1.29, 1.82) is 0 Å². The van der Waals surface area contributed by atoms with Crippen molar-refractivity contribution in [3.8, 4) is 0 Å². The molecule has 1 saturated heterocycles. The van der Waals surface area contributed by atoms with Gasteiger partial charge in [-0.2, -0.15) is 0 Å². The van der Waals surface area contributed by atoms with Crippen molar-refractivity contribution >= 4 is 0 Å². The van der Waals surface area contributed by atoms with Gasteiger partial charge in [0.1, 0.15) is 5.72 Å². The highest BCUT2D eigenvalue weighted by molar-refractivity contribution is 5.29. The summed E-state index contributed by atoms with van der Waals surface area (Å²) in [6.45, 7) is 14.0. The molecule has 3 rings (SSSR count). The monoisotopic (exact) mass is 291 g/mol. The van der Waals surface area contributed by atoms with E-state index in [0.717, 1.165) is 25.5 Å². The fourth-order valence-electron chi connectivity index (χ4n) is 4.88. The minimum Gasteiger partial charge on any atom is -0.360 e. The first-order valence-corrected chi connectivity index (χ1v) is 8.82. The molecule has 2 nitrogen and oxygen atoms in total. The maximum Gasteiger partial charge on any atom is 0.116 e. The van der Waals surface area contributed by atoms with E-state index in [9.17, 15) is 0 Å². The Morgan fingerprint density at radius 2 is 1.95 bits per heavy atom. The van der Waals surface area contributed by atoms with E-state index in [1.165, 1.54) is 32.1 Å². The third-order valence-electron chi connectivity index (χ3n) is 6.41. The predicted octanol–water partition coefficient (Wildman–Crippen LogP) is 4.66. The molecule has 0 radical (unpaired) electrons. The summed E-state index contributed by atoms with van der Waals surface area (Å²) in [7, 11) is 0. The molecular formula is C19H33NO. The van der Waals surface area contributed by atoms with E-state index in [1.54, 1.807) is 11.1 Å². The molecule has 0 aromatic heterocycles. The summed E-state index contributed by atoms with van der Waals surface area (Å²) in [4.78, 5) is 0. The van der Waals surface area contributed by atoms with E-state index < -0.39 is 0 Å². The summed E-state index contributed by atoms with van der Waals surface area (Å²) in [5.74, 6) is 0.737. The van der Waals surface area contributed by atoms with Crippen LogP contribution in [0.5, 0.6) is 0 Å². The van der Waals surface area contributed by atoms with E-state index in [4.69, 9.17) is 4.74 Å². The third-order valence-corrected chi connectivity index (χ3v) is 6.41. The maximum atomic E-state index is 5.99. The van der Waals surface area contributed by atoms with Crippen LogP contribution in [0, 0.1) is 16.7 Å². The SMILES string of the molecule is CC1(C)CCCC2=C1CC(C)(C)[C@@H](C[C@]1(C)NCCO1)C2. The Hall–Kier alpha value is -0.340. The van der Waals surface area contributed by atoms with E-state index in [1.807, 2.05) is 0 Å². The van der Waals surface area contributed by atoms with Gasteiger partial charge in [0.05, 0.1) is 6.61 Å². The molecule has 1 N–H and O–H groups in total. The van der Waals surface area contributed by atoms with Gasteiger partial charge in [0.2, 0.25) is 0 Å². The van der Waals surface area contributed by atoms with E-state index >= 15 is 0 Å². The Bertz CT molecular complexity index is 440. The molecule has 2 aliphatic carbocycles. The molecular weight excluding hydrogens is 258 g/mol. The van der Waals surface area contributed by atoms with Crippen molar-refractivity contribution in [1.82, 2.24) is 5.32 Å². The molecule has 3 aliphatic rings. The lowest BCUT2D eigenvalue weighted by Crippen LogP contribution is -2.44. The second-order valence-electron chi connectivity index (χ2n) is 9.10. The molecule has 0 spiro atoms.